The fraction of sp³-hybridized carbons (Fsp3) is 0. The van der Waals surface area contributed by atoms with Gasteiger partial charge in [-0.3, -0.25) is 9.97 Å². The number of rotatable bonds is 3. The van der Waals surface area contributed by atoms with Gasteiger partial charge >= 0.3 is 17.1 Å². The van der Waals surface area contributed by atoms with Crippen LogP contribution in [0.2, 0.25) is 0 Å². The minimum atomic E-state index is 0. The molecule has 0 saturated heterocycles. The van der Waals surface area contributed by atoms with E-state index in [-0.39, 0.29) is 17.1 Å². The van der Waals surface area contributed by atoms with Crippen molar-refractivity contribution in [1.29, 1.82) is 0 Å². The SMILES string of the molecule is [Cu+].c1cc(-c2ccncn2)c2[n-]ccc2c1.c1ccc(-c2ccccc2-c2ccccn2)nc1. The average molecular weight is 490 g/mol. The monoisotopic (exact) mass is 489 g/mol. The van der Waals surface area contributed by atoms with Crippen LogP contribution >= 0.6 is 0 Å². The smallest absolute Gasteiger partial charge is 0.663 e. The van der Waals surface area contributed by atoms with Gasteiger partial charge in [0.2, 0.25) is 0 Å². The van der Waals surface area contributed by atoms with Crippen molar-refractivity contribution in [2.24, 2.45) is 0 Å². The number of fused-ring (bicyclic) bond motifs is 1. The van der Waals surface area contributed by atoms with Crippen molar-refractivity contribution in [3.05, 3.63) is 122 Å². The summed E-state index contributed by atoms with van der Waals surface area (Å²) in [6.07, 6.45) is 8.73. The van der Waals surface area contributed by atoms with E-state index in [0.717, 1.165) is 44.7 Å². The average Bonchev–Trinajstić information content (AvgIpc) is 3.40. The summed E-state index contributed by atoms with van der Waals surface area (Å²) in [5, 5.41) is 1.14. The second-order valence-electron chi connectivity index (χ2n) is 7.26. The Balaban J connectivity index is 0.000000159. The third-order valence-corrected chi connectivity index (χ3v) is 5.19. The van der Waals surface area contributed by atoms with Crippen molar-refractivity contribution >= 4 is 10.9 Å². The van der Waals surface area contributed by atoms with Crippen molar-refractivity contribution in [3.8, 4) is 33.8 Å². The largest absolute Gasteiger partial charge is 1.00 e. The zero-order valence-electron chi connectivity index (χ0n) is 18.1. The maximum Gasteiger partial charge on any atom is 1.00 e. The van der Waals surface area contributed by atoms with Gasteiger partial charge in [0.25, 0.3) is 0 Å². The maximum atomic E-state index is 4.41. The van der Waals surface area contributed by atoms with Crippen LogP contribution in [0.4, 0.5) is 0 Å². The molecule has 0 amide bonds. The van der Waals surface area contributed by atoms with Gasteiger partial charge in [-0.2, -0.15) is 6.20 Å². The molecular formula is C28H20CuN5. The molecule has 6 aromatic rings. The third kappa shape index (κ3) is 5.09. The van der Waals surface area contributed by atoms with Gasteiger partial charge in [-0.05, 0) is 41.3 Å². The molecule has 6 heteroatoms. The second kappa shape index (κ2) is 11.1. The summed E-state index contributed by atoms with van der Waals surface area (Å²) in [6.45, 7) is 0. The Bertz CT molecular complexity index is 1390. The molecule has 0 aliphatic rings. The minimum absolute atomic E-state index is 0. The number of hydrogen-bond donors (Lipinski definition) is 0. The van der Waals surface area contributed by atoms with Crippen molar-refractivity contribution in [1.82, 2.24) is 24.9 Å². The number of benzene rings is 2. The summed E-state index contributed by atoms with van der Waals surface area (Å²) in [4.78, 5) is 21.3. The molecule has 34 heavy (non-hydrogen) atoms. The minimum Gasteiger partial charge on any atom is -0.663 e. The Hall–Kier alpha value is -4.12. The van der Waals surface area contributed by atoms with Crippen LogP contribution in [0.15, 0.2) is 122 Å². The molecular weight excluding hydrogens is 470 g/mol. The Morgan fingerprint density at radius 2 is 1.12 bits per heavy atom. The van der Waals surface area contributed by atoms with Gasteiger partial charge in [-0.25, -0.2) is 9.97 Å². The van der Waals surface area contributed by atoms with E-state index >= 15 is 0 Å². The van der Waals surface area contributed by atoms with Crippen LogP contribution in [0.1, 0.15) is 0 Å². The number of pyridine rings is 2. The zero-order valence-corrected chi connectivity index (χ0v) is 19.0. The van der Waals surface area contributed by atoms with E-state index in [1.807, 2.05) is 97.5 Å². The van der Waals surface area contributed by atoms with Crippen LogP contribution in [0.5, 0.6) is 0 Å². The summed E-state index contributed by atoms with van der Waals surface area (Å²) in [7, 11) is 0. The molecule has 0 saturated carbocycles. The van der Waals surface area contributed by atoms with Crippen LogP contribution in [0.3, 0.4) is 0 Å². The van der Waals surface area contributed by atoms with E-state index in [4.69, 9.17) is 0 Å². The van der Waals surface area contributed by atoms with Crippen LogP contribution in [0.25, 0.3) is 44.7 Å². The first kappa shape index (κ1) is 23.1. The number of aromatic nitrogens is 5. The molecule has 0 atom stereocenters. The molecule has 0 N–H and O–H groups in total. The van der Waals surface area contributed by atoms with Crippen molar-refractivity contribution in [3.63, 3.8) is 0 Å². The predicted molar refractivity (Wildman–Crippen MR) is 131 cm³/mol. The van der Waals surface area contributed by atoms with E-state index in [0.29, 0.717) is 0 Å². The first-order chi connectivity index (χ1) is 16.4. The summed E-state index contributed by atoms with van der Waals surface area (Å²) in [6, 6.07) is 30.1. The summed E-state index contributed by atoms with van der Waals surface area (Å²) in [5.74, 6) is 0. The molecule has 0 aliphatic carbocycles. The third-order valence-electron chi connectivity index (χ3n) is 5.19. The van der Waals surface area contributed by atoms with Crippen LogP contribution < -0.4 is 4.98 Å². The maximum absolute atomic E-state index is 4.41. The normalized spacial score (nSPS) is 10.1. The fourth-order valence-electron chi connectivity index (χ4n) is 3.66. The molecule has 168 valence electrons. The zero-order chi connectivity index (χ0) is 22.3. The molecule has 4 aromatic heterocycles. The van der Waals surface area contributed by atoms with Gasteiger partial charge in [0, 0.05) is 29.7 Å². The fourth-order valence-corrected chi connectivity index (χ4v) is 3.66. The molecule has 5 nitrogen and oxygen atoms in total. The van der Waals surface area contributed by atoms with E-state index < -0.39 is 0 Å². The Morgan fingerprint density at radius 1 is 0.500 bits per heavy atom. The van der Waals surface area contributed by atoms with E-state index in [2.05, 4.69) is 37.1 Å². The van der Waals surface area contributed by atoms with Gasteiger partial charge in [-0.1, -0.05) is 60.7 Å². The van der Waals surface area contributed by atoms with Crippen molar-refractivity contribution < 1.29 is 17.1 Å². The van der Waals surface area contributed by atoms with Gasteiger partial charge < -0.3 is 4.98 Å². The van der Waals surface area contributed by atoms with Crippen LogP contribution in [0, 0.1) is 0 Å². The molecule has 0 spiro atoms. The predicted octanol–water partition coefficient (Wildman–Crippen LogP) is 6.06. The van der Waals surface area contributed by atoms with Gasteiger partial charge in [0.05, 0.1) is 17.1 Å². The Kier molecular flexibility index (Phi) is 7.56. The number of nitrogens with zero attached hydrogens (tertiary/aromatic N) is 5. The summed E-state index contributed by atoms with van der Waals surface area (Å²) >= 11 is 0. The first-order valence-corrected chi connectivity index (χ1v) is 10.6. The van der Waals surface area contributed by atoms with E-state index in [1.54, 1.807) is 12.5 Å². The molecule has 0 aliphatic heterocycles. The Labute approximate surface area is 208 Å². The molecule has 0 unspecified atom stereocenters. The molecule has 0 fully saturated rings. The second-order valence-corrected chi connectivity index (χ2v) is 7.26. The topological polar surface area (TPSA) is 65.7 Å². The molecule has 6 rings (SSSR count). The van der Waals surface area contributed by atoms with E-state index in [1.165, 1.54) is 0 Å². The van der Waals surface area contributed by atoms with Crippen molar-refractivity contribution in [2.75, 3.05) is 0 Å². The number of para-hydroxylation sites is 1. The van der Waals surface area contributed by atoms with Gasteiger partial charge in [0.1, 0.15) is 6.33 Å². The Morgan fingerprint density at radius 3 is 1.71 bits per heavy atom. The van der Waals surface area contributed by atoms with Gasteiger partial charge in [0.15, 0.2) is 0 Å². The summed E-state index contributed by atoms with van der Waals surface area (Å²) < 4.78 is 0. The van der Waals surface area contributed by atoms with Gasteiger partial charge in [-0.15, -0.1) is 5.52 Å². The standard InChI is InChI=1S/C16H12N2.C12H8N3.Cu/c1-2-8-14(16-10-4-6-12-18-16)13(7-1)15-9-3-5-11-17-15;1-2-9-4-7-14-12(9)10(3-1)11-5-6-13-8-15-11;/h1-12H;1-8H;/q;-1;+1. The molecule has 2 aromatic carbocycles. The molecule has 0 radical (unpaired) electrons. The molecule has 0 bridgehead atoms. The quantitative estimate of drug-likeness (QED) is 0.282. The molecule has 4 heterocycles. The summed E-state index contributed by atoms with van der Waals surface area (Å²) in [5.41, 5.74) is 7.12. The van der Waals surface area contributed by atoms with Crippen LogP contribution in [-0.2, 0) is 17.1 Å². The van der Waals surface area contributed by atoms with E-state index in [9.17, 15) is 0 Å². The van der Waals surface area contributed by atoms with Crippen molar-refractivity contribution in [2.45, 2.75) is 0 Å². The first-order valence-electron chi connectivity index (χ1n) is 10.6. The number of hydrogen-bond acceptors (Lipinski definition) is 4. The van der Waals surface area contributed by atoms with Crippen LogP contribution in [-0.4, -0.2) is 19.9 Å².